The number of thiophene rings is 1. The maximum atomic E-state index is 12.4. The first-order valence-electron chi connectivity index (χ1n) is 7.37. The molecule has 3 heterocycles. The van der Waals surface area contributed by atoms with Crippen LogP contribution in [0.2, 0.25) is 0 Å². The normalized spacial score (nSPS) is 12.1. The van der Waals surface area contributed by atoms with Crippen molar-refractivity contribution in [2.45, 2.75) is 12.6 Å². The van der Waals surface area contributed by atoms with Crippen LogP contribution < -0.4 is 5.32 Å². The maximum Gasteiger partial charge on any atom is 0.390 e. The first kappa shape index (κ1) is 15.8. The van der Waals surface area contributed by atoms with Crippen LogP contribution in [0.4, 0.5) is 19.0 Å². The van der Waals surface area contributed by atoms with Crippen LogP contribution in [0.15, 0.2) is 29.6 Å². The Morgan fingerprint density at radius 3 is 2.80 bits per heavy atom. The van der Waals surface area contributed by atoms with E-state index in [0.29, 0.717) is 17.2 Å². The number of nitrogens with zero attached hydrogens (tertiary/aromatic N) is 4. The van der Waals surface area contributed by atoms with Crippen LogP contribution in [0.25, 0.3) is 32.4 Å². The number of benzene rings is 1. The molecular weight excluding hydrogens is 353 g/mol. The zero-order valence-corrected chi connectivity index (χ0v) is 13.4. The van der Waals surface area contributed by atoms with Gasteiger partial charge in [-0.1, -0.05) is 12.1 Å². The summed E-state index contributed by atoms with van der Waals surface area (Å²) in [5, 5.41) is 20.2. The van der Waals surface area contributed by atoms with E-state index in [1.54, 1.807) is 6.07 Å². The highest BCUT2D eigenvalue weighted by Crippen LogP contribution is 2.35. The Balaban J connectivity index is 1.77. The number of anilines is 1. The van der Waals surface area contributed by atoms with Gasteiger partial charge in [0.05, 0.1) is 11.9 Å². The van der Waals surface area contributed by atoms with Gasteiger partial charge < -0.3 is 5.32 Å². The van der Waals surface area contributed by atoms with E-state index in [0.717, 1.165) is 21.0 Å². The molecule has 0 aliphatic rings. The van der Waals surface area contributed by atoms with Crippen LogP contribution in [0.3, 0.4) is 0 Å². The minimum Gasteiger partial charge on any atom is -0.369 e. The number of rotatable bonds is 4. The smallest absolute Gasteiger partial charge is 0.369 e. The molecule has 0 saturated heterocycles. The van der Waals surface area contributed by atoms with E-state index in [-0.39, 0.29) is 6.54 Å². The second kappa shape index (κ2) is 5.96. The van der Waals surface area contributed by atoms with Gasteiger partial charge in [-0.3, -0.25) is 0 Å². The fourth-order valence-corrected chi connectivity index (χ4v) is 3.51. The van der Waals surface area contributed by atoms with E-state index in [4.69, 9.17) is 0 Å². The molecule has 25 heavy (non-hydrogen) atoms. The van der Waals surface area contributed by atoms with Gasteiger partial charge in [0.15, 0.2) is 0 Å². The van der Waals surface area contributed by atoms with Gasteiger partial charge in [-0.2, -0.15) is 18.4 Å². The maximum absolute atomic E-state index is 12.4. The Morgan fingerprint density at radius 1 is 1.16 bits per heavy atom. The molecule has 0 atom stereocenters. The Bertz CT molecular complexity index is 1030. The van der Waals surface area contributed by atoms with Crippen molar-refractivity contribution in [1.82, 2.24) is 25.6 Å². The molecular formula is C15H11F3N6S. The summed E-state index contributed by atoms with van der Waals surface area (Å²) >= 11 is 1.52. The van der Waals surface area contributed by atoms with Crippen LogP contribution in [-0.2, 0) is 0 Å². The molecule has 4 rings (SSSR count). The lowest BCUT2D eigenvalue weighted by atomic mass is 10.1. The molecule has 0 saturated carbocycles. The average molecular weight is 364 g/mol. The molecule has 128 valence electrons. The van der Waals surface area contributed by atoms with Crippen molar-refractivity contribution in [3.8, 4) is 11.4 Å². The highest BCUT2D eigenvalue weighted by molar-refractivity contribution is 7.18. The molecule has 6 nitrogen and oxygen atoms in total. The fraction of sp³-hybridized carbons (Fsp3) is 0.200. The monoisotopic (exact) mass is 364 g/mol. The molecule has 0 radical (unpaired) electrons. The molecule has 0 aliphatic carbocycles. The number of tetrazole rings is 1. The van der Waals surface area contributed by atoms with E-state index >= 15 is 0 Å². The first-order valence-corrected chi connectivity index (χ1v) is 8.25. The third-order valence-electron chi connectivity index (χ3n) is 3.70. The van der Waals surface area contributed by atoms with Gasteiger partial charge >= 0.3 is 6.18 Å². The standard InChI is InChI=1S/C15H11F3N6S/c16-15(17,18)4-5-19-14-10-3-6-25-12(10)9-2-1-8(7-11(9)20-14)13-21-23-24-22-13/h1-3,6-7H,4-5H2,(H,19,20)(H,21,22,23,24). The van der Waals surface area contributed by atoms with Crippen LogP contribution in [0, 0.1) is 0 Å². The quantitative estimate of drug-likeness (QED) is 0.572. The van der Waals surface area contributed by atoms with Crippen LogP contribution in [-0.4, -0.2) is 38.3 Å². The molecule has 0 fully saturated rings. The number of aromatic amines is 1. The van der Waals surface area contributed by atoms with E-state index < -0.39 is 12.6 Å². The summed E-state index contributed by atoms with van der Waals surface area (Å²) < 4.78 is 38.2. The summed E-state index contributed by atoms with van der Waals surface area (Å²) in [5.74, 6) is 0.875. The lowest BCUT2D eigenvalue weighted by Gasteiger charge is -2.11. The van der Waals surface area contributed by atoms with E-state index in [1.165, 1.54) is 11.3 Å². The molecule has 0 bridgehead atoms. The van der Waals surface area contributed by atoms with Crippen molar-refractivity contribution in [3.63, 3.8) is 0 Å². The average Bonchev–Trinajstić information content (AvgIpc) is 3.25. The molecule has 0 unspecified atom stereocenters. The summed E-state index contributed by atoms with van der Waals surface area (Å²) in [6.07, 6.45) is -5.12. The van der Waals surface area contributed by atoms with E-state index in [2.05, 4.69) is 30.9 Å². The van der Waals surface area contributed by atoms with Crippen molar-refractivity contribution in [2.75, 3.05) is 11.9 Å². The molecule has 0 spiro atoms. The molecule has 0 amide bonds. The van der Waals surface area contributed by atoms with Crippen molar-refractivity contribution in [1.29, 1.82) is 0 Å². The number of nitrogens with one attached hydrogen (secondary N) is 2. The topological polar surface area (TPSA) is 79.4 Å². The second-order valence-electron chi connectivity index (χ2n) is 5.38. The van der Waals surface area contributed by atoms with E-state index in [1.807, 2.05) is 23.6 Å². The Kier molecular flexibility index (Phi) is 3.75. The van der Waals surface area contributed by atoms with Crippen molar-refractivity contribution in [3.05, 3.63) is 29.6 Å². The number of halogens is 3. The first-order chi connectivity index (χ1) is 12.0. The third-order valence-corrected chi connectivity index (χ3v) is 4.65. The lowest BCUT2D eigenvalue weighted by Crippen LogP contribution is -2.15. The Hall–Kier alpha value is -2.75. The van der Waals surface area contributed by atoms with Gasteiger partial charge in [0, 0.05) is 27.6 Å². The number of fused-ring (bicyclic) bond motifs is 3. The van der Waals surface area contributed by atoms with Crippen molar-refractivity contribution >= 4 is 38.1 Å². The molecule has 1 aromatic carbocycles. The summed E-state index contributed by atoms with van der Waals surface area (Å²) in [7, 11) is 0. The van der Waals surface area contributed by atoms with Gasteiger partial charge in [-0.05, 0) is 22.7 Å². The van der Waals surface area contributed by atoms with Gasteiger partial charge in [-0.15, -0.1) is 21.5 Å². The van der Waals surface area contributed by atoms with Crippen LogP contribution >= 0.6 is 11.3 Å². The largest absolute Gasteiger partial charge is 0.390 e. The summed E-state index contributed by atoms with van der Waals surface area (Å²) in [4.78, 5) is 4.51. The third kappa shape index (κ3) is 3.12. The number of aromatic nitrogens is 5. The highest BCUT2D eigenvalue weighted by Gasteiger charge is 2.26. The molecule has 0 aliphatic heterocycles. The van der Waals surface area contributed by atoms with Gasteiger partial charge in [0.2, 0.25) is 5.82 Å². The zero-order chi connectivity index (χ0) is 17.4. The number of hydrogen-bond donors (Lipinski definition) is 2. The number of hydrogen-bond acceptors (Lipinski definition) is 6. The molecule has 10 heteroatoms. The van der Waals surface area contributed by atoms with Crippen LogP contribution in [0.5, 0.6) is 0 Å². The number of pyridine rings is 1. The lowest BCUT2D eigenvalue weighted by molar-refractivity contribution is -0.131. The van der Waals surface area contributed by atoms with Crippen molar-refractivity contribution in [2.24, 2.45) is 0 Å². The molecule has 3 aromatic heterocycles. The van der Waals surface area contributed by atoms with Crippen LogP contribution in [0.1, 0.15) is 6.42 Å². The predicted octanol–water partition coefficient (Wildman–Crippen LogP) is 3.99. The summed E-state index contributed by atoms with van der Waals surface area (Å²) in [5.41, 5.74) is 1.39. The minimum absolute atomic E-state index is 0.225. The minimum atomic E-state index is -4.20. The second-order valence-corrected chi connectivity index (χ2v) is 6.30. The Labute approximate surface area is 143 Å². The van der Waals surface area contributed by atoms with Gasteiger partial charge in [0.1, 0.15) is 5.82 Å². The summed E-state index contributed by atoms with van der Waals surface area (Å²) in [6, 6.07) is 7.43. The SMILES string of the molecule is FC(F)(F)CCNc1nc2cc(-c3nn[nH]n3)ccc2c2sccc12. The van der Waals surface area contributed by atoms with Gasteiger partial charge in [-0.25, -0.2) is 4.98 Å². The molecule has 4 aromatic rings. The molecule has 2 N–H and O–H groups in total. The van der Waals surface area contributed by atoms with Gasteiger partial charge in [0.25, 0.3) is 0 Å². The predicted molar refractivity (Wildman–Crippen MR) is 89.5 cm³/mol. The highest BCUT2D eigenvalue weighted by atomic mass is 32.1. The fourth-order valence-electron chi connectivity index (χ4n) is 2.58. The Morgan fingerprint density at radius 2 is 2.04 bits per heavy atom. The number of H-pyrrole nitrogens is 1. The van der Waals surface area contributed by atoms with E-state index in [9.17, 15) is 13.2 Å². The summed E-state index contributed by atoms with van der Waals surface area (Å²) in [6.45, 7) is -0.225. The zero-order valence-electron chi connectivity index (χ0n) is 12.6. The number of alkyl halides is 3. The van der Waals surface area contributed by atoms with Crippen molar-refractivity contribution < 1.29 is 13.2 Å².